The molecule has 0 bridgehead atoms. The van der Waals surface area contributed by atoms with Gasteiger partial charge in [0, 0.05) is 28.6 Å². The number of aromatic nitrogens is 3. The normalized spacial score (nSPS) is 11.5. The second-order valence-electron chi connectivity index (χ2n) is 4.09. The minimum atomic E-state index is 0.917. The summed E-state index contributed by atoms with van der Waals surface area (Å²) >= 11 is 0. The van der Waals surface area contributed by atoms with Crippen molar-refractivity contribution >= 4 is 32.8 Å². The maximum atomic E-state index is 4.45. The number of nitrogens with zero attached hydrogens (tertiary/aromatic N) is 2. The minimum Gasteiger partial charge on any atom is -0.337 e. The third kappa shape index (κ3) is 1.11. The number of H-pyrrole nitrogens is 1. The Bertz CT molecular complexity index is 846. The van der Waals surface area contributed by atoms with E-state index in [1.54, 1.807) is 6.20 Å². The maximum absolute atomic E-state index is 4.45. The number of aromatic amines is 1. The molecular formula is C14H9N3. The Balaban J connectivity index is 2.34. The van der Waals surface area contributed by atoms with E-state index in [1.807, 2.05) is 18.3 Å². The molecule has 0 spiro atoms. The Kier molecular flexibility index (Phi) is 1.56. The molecule has 0 amide bonds. The lowest BCUT2D eigenvalue weighted by Gasteiger charge is -1.97. The van der Waals surface area contributed by atoms with Gasteiger partial charge >= 0.3 is 0 Å². The standard InChI is InChI=1S/C14H9N3/c1-3-9-5-6-10-11-4-2-8-16-14(11)17-13(10)12(9)15-7-1/h1-8H,(H,16,17). The van der Waals surface area contributed by atoms with E-state index in [0.29, 0.717) is 0 Å². The fraction of sp³-hybridized carbons (Fsp3) is 0. The van der Waals surface area contributed by atoms with Crippen LogP contribution in [0.15, 0.2) is 48.8 Å². The molecule has 17 heavy (non-hydrogen) atoms. The predicted molar refractivity (Wildman–Crippen MR) is 68.9 cm³/mol. The highest BCUT2D eigenvalue weighted by molar-refractivity contribution is 6.14. The molecule has 3 heteroatoms. The number of fused-ring (bicyclic) bond motifs is 5. The number of hydrogen-bond donors (Lipinski definition) is 1. The quantitative estimate of drug-likeness (QED) is 0.493. The van der Waals surface area contributed by atoms with Crippen LogP contribution in [0.3, 0.4) is 0 Å². The van der Waals surface area contributed by atoms with Gasteiger partial charge in [0.1, 0.15) is 5.65 Å². The van der Waals surface area contributed by atoms with Crippen LogP contribution >= 0.6 is 0 Å². The summed E-state index contributed by atoms with van der Waals surface area (Å²) in [7, 11) is 0. The summed E-state index contributed by atoms with van der Waals surface area (Å²) in [4.78, 5) is 12.1. The van der Waals surface area contributed by atoms with Crippen molar-refractivity contribution in [3.05, 3.63) is 48.8 Å². The highest BCUT2D eigenvalue weighted by Gasteiger charge is 2.07. The van der Waals surface area contributed by atoms with Crippen molar-refractivity contribution in [2.24, 2.45) is 0 Å². The van der Waals surface area contributed by atoms with Crippen LogP contribution in [0.4, 0.5) is 0 Å². The Morgan fingerprint density at radius 2 is 1.71 bits per heavy atom. The van der Waals surface area contributed by atoms with Gasteiger partial charge in [0.2, 0.25) is 0 Å². The van der Waals surface area contributed by atoms with Gasteiger partial charge in [0.25, 0.3) is 0 Å². The zero-order valence-electron chi connectivity index (χ0n) is 9.01. The lowest BCUT2D eigenvalue weighted by atomic mass is 10.1. The first kappa shape index (κ1) is 8.70. The minimum absolute atomic E-state index is 0.917. The van der Waals surface area contributed by atoms with Crippen LogP contribution < -0.4 is 0 Å². The zero-order chi connectivity index (χ0) is 11.2. The van der Waals surface area contributed by atoms with E-state index in [1.165, 1.54) is 5.39 Å². The first-order valence-electron chi connectivity index (χ1n) is 5.53. The molecule has 0 saturated carbocycles. The number of hydrogen-bond acceptors (Lipinski definition) is 2. The largest absolute Gasteiger partial charge is 0.337 e. The van der Waals surface area contributed by atoms with Gasteiger partial charge in [0.15, 0.2) is 0 Å². The fourth-order valence-electron chi connectivity index (χ4n) is 2.34. The molecule has 0 aliphatic rings. The third-order valence-electron chi connectivity index (χ3n) is 3.12. The Hall–Kier alpha value is -2.42. The Labute approximate surface area is 97.1 Å². The first-order valence-corrected chi connectivity index (χ1v) is 5.53. The Morgan fingerprint density at radius 3 is 2.71 bits per heavy atom. The van der Waals surface area contributed by atoms with E-state index >= 15 is 0 Å². The van der Waals surface area contributed by atoms with Crippen LogP contribution in [0.1, 0.15) is 0 Å². The monoisotopic (exact) mass is 219 g/mol. The molecule has 4 aromatic rings. The summed E-state index contributed by atoms with van der Waals surface area (Å²) in [6.07, 6.45) is 3.62. The molecule has 3 aromatic heterocycles. The van der Waals surface area contributed by atoms with E-state index in [2.05, 4.69) is 39.2 Å². The predicted octanol–water partition coefficient (Wildman–Crippen LogP) is 3.26. The molecule has 3 heterocycles. The van der Waals surface area contributed by atoms with Gasteiger partial charge in [-0.05, 0) is 18.2 Å². The van der Waals surface area contributed by atoms with Gasteiger partial charge in [-0.2, -0.15) is 0 Å². The van der Waals surface area contributed by atoms with Crippen molar-refractivity contribution in [2.45, 2.75) is 0 Å². The van der Waals surface area contributed by atoms with Gasteiger partial charge in [0.05, 0.1) is 11.0 Å². The van der Waals surface area contributed by atoms with Crippen molar-refractivity contribution < 1.29 is 0 Å². The summed E-state index contributed by atoms with van der Waals surface area (Å²) < 4.78 is 0. The molecule has 0 unspecified atom stereocenters. The summed E-state index contributed by atoms with van der Waals surface area (Å²) in [5.41, 5.74) is 2.99. The lowest BCUT2D eigenvalue weighted by molar-refractivity contribution is 1.34. The average Bonchev–Trinajstić information content (AvgIpc) is 2.78. The summed E-state index contributed by atoms with van der Waals surface area (Å²) in [5.74, 6) is 0. The Morgan fingerprint density at radius 1 is 0.824 bits per heavy atom. The van der Waals surface area contributed by atoms with Crippen molar-refractivity contribution in [2.75, 3.05) is 0 Å². The molecular weight excluding hydrogens is 210 g/mol. The molecule has 1 N–H and O–H groups in total. The van der Waals surface area contributed by atoms with Gasteiger partial charge in [-0.25, -0.2) is 4.98 Å². The van der Waals surface area contributed by atoms with Crippen LogP contribution in [0.5, 0.6) is 0 Å². The second-order valence-corrected chi connectivity index (χ2v) is 4.09. The number of pyridine rings is 2. The van der Waals surface area contributed by atoms with Gasteiger partial charge < -0.3 is 4.98 Å². The average molecular weight is 219 g/mol. The van der Waals surface area contributed by atoms with E-state index < -0.39 is 0 Å². The second kappa shape index (κ2) is 3.04. The van der Waals surface area contributed by atoms with Gasteiger partial charge in [-0.3, -0.25) is 4.98 Å². The van der Waals surface area contributed by atoms with Crippen molar-refractivity contribution in [3.63, 3.8) is 0 Å². The summed E-state index contributed by atoms with van der Waals surface area (Å²) in [6.45, 7) is 0. The third-order valence-corrected chi connectivity index (χ3v) is 3.12. The van der Waals surface area contributed by atoms with Crippen LogP contribution in [-0.4, -0.2) is 15.0 Å². The molecule has 4 rings (SSSR count). The number of benzene rings is 1. The summed E-state index contributed by atoms with van der Waals surface area (Å²) in [6, 6.07) is 12.3. The van der Waals surface area contributed by atoms with Crippen molar-refractivity contribution in [3.8, 4) is 0 Å². The SMILES string of the molecule is c1cnc2c(c1)ccc1c3cccnc3[nH]c12. The van der Waals surface area contributed by atoms with Gasteiger partial charge in [-0.15, -0.1) is 0 Å². The van der Waals surface area contributed by atoms with Crippen LogP contribution in [0.2, 0.25) is 0 Å². The number of nitrogens with one attached hydrogen (secondary N) is 1. The highest BCUT2D eigenvalue weighted by Crippen LogP contribution is 2.28. The molecule has 0 aliphatic carbocycles. The smallest absolute Gasteiger partial charge is 0.138 e. The van der Waals surface area contributed by atoms with Crippen LogP contribution in [0.25, 0.3) is 32.8 Å². The molecule has 0 radical (unpaired) electrons. The molecule has 0 aliphatic heterocycles. The van der Waals surface area contributed by atoms with Crippen molar-refractivity contribution in [1.82, 2.24) is 15.0 Å². The van der Waals surface area contributed by atoms with Crippen LogP contribution in [-0.2, 0) is 0 Å². The first-order chi connectivity index (χ1) is 8.43. The molecule has 0 fully saturated rings. The molecule has 80 valence electrons. The van der Waals surface area contributed by atoms with E-state index in [4.69, 9.17) is 0 Å². The van der Waals surface area contributed by atoms with Crippen molar-refractivity contribution in [1.29, 1.82) is 0 Å². The topological polar surface area (TPSA) is 41.6 Å². The summed E-state index contributed by atoms with van der Waals surface area (Å²) in [5, 5.41) is 3.47. The van der Waals surface area contributed by atoms with E-state index in [-0.39, 0.29) is 0 Å². The van der Waals surface area contributed by atoms with Gasteiger partial charge in [-0.1, -0.05) is 18.2 Å². The maximum Gasteiger partial charge on any atom is 0.138 e. The zero-order valence-corrected chi connectivity index (χ0v) is 9.01. The fourth-order valence-corrected chi connectivity index (χ4v) is 2.34. The van der Waals surface area contributed by atoms with E-state index in [9.17, 15) is 0 Å². The molecule has 0 atom stereocenters. The lowest BCUT2D eigenvalue weighted by Crippen LogP contribution is -1.79. The van der Waals surface area contributed by atoms with E-state index in [0.717, 1.165) is 27.5 Å². The number of rotatable bonds is 0. The highest BCUT2D eigenvalue weighted by atomic mass is 14.9. The molecule has 1 aromatic carbocycles. The van der Waals surface area contributed by atoms with Crippen LogP contribution in [0, 0.1) is 0 Å². The molecule has 0 saturated heterocycles. The molecule has 3 nitrogen and oxygen atoms in total.